The summed E-state index contributed by atoms with van der Waals surface area (Å²) in [5.74, 6) is 0. The summed E-state index contributed by atoms with van der Waals surface area (Å²) in [6, 6.07) is 0. The van der Waals surface area contributed by atoms with E-state index in [9.17, 15) is 10.2 Å². The van der Waals surface area contributed by atoms with Crippen LogP contribution in [0.25, 0.3) is 0 Å². The van der Waals surface area contributed by atoms with Crippen molar-refractivity contribution in [2.24, 2.45) is 0 Å². The molecule has 0 saturated carbocycles. The highest BCUT2D eigenvalue weighted by Crippen LogP contribution is 2.45. The van der Waals surface area contributed by atoms with E-state index >= 15 is 0 Å². The fourth-order valence-corrected chi connectivity index (χ4v) is 3.26. The van der Waals surface area contributed by atoms with Crippen LogP contribution in [0.4, 0.5) is 0 Å². The van der Waals surface area contributed by atoms with E-state index in [1.165, 1.54) is 0 Å². The Hall–Kier alpha value is 0.270. The van der Waals surface area contributed by atoms with Gasteiger partial charge in [-0.25, -0.2) is 0 Å². The number of aliphatic hydroxyl groups excluding tert-OH is 2. The predicted octanol–water partition coefficient (Wildman–Crippen LogP) is -0.0140. The number of aliphatic hydroxyl groups is 2. The van der Waals surface area contributed by atoms with Crippen molar-refractivity contribution in [2.45, 2.75) is 35.5 Å². The van der Waals surface area contributed by atoms with Gasteiger partial charge in [0.05, 0.1) is 12.2 Å². The molecule has 0 aromatic heterocycles. The van der Waals surface area contributed by atoms with E-state index in [1.807, 2.05) is 0 Å². The molecule has 3 heteroatoms. The van der Waals surface area contributed by atoms with Gasteiger partial charge in [-0.05, 0) is 12.8 Å². The van der Waals surface area contributed by atoms with Gasteiger partial charge in [0.15, 0.2) is 0 Å². The maximum atomic E-state index is 9.21. The molecular formula is C6H10O2S. The van der Waals surface area contributed by atoms with Crippen LogP contribution in [0.1, 0.15) is 12.8 Å². The summed E-state index contributed by atoms with van der Waals surface area (Å²) >= 11 is 1.75. The summed E-state index contributed by atoms with van der Waals surface area (Å²) in [7, 11) is 0. The van der Waals surface area contributed by atoms with Crippen LogP contribution in [-0.4, -0.2) is 32.9 Å². The fraction of sp³-hybridized carbons (Fsp3) is 1.00. The third-order valence-corrected chi connectivity index (χ3v) is 3.87. The molecule has 2 bridgehead atoms. The summed E-state index contributed by atoms with van der Waals surface area (Å²) < 4.78 is 0. The third kappa shape index (κ3) is 0.791. The maximum absolute atomic E-state index is 9.21. The van der Waals surface area contributed by atoms with Gasteiger partial charge in [-0.2, -0.15) is 0 Å². The molecule has 52 valence electrons. The quantitative estimate of drug-likeness (QED) is 0.505. The molecule has 0 amide bonds. The first-order chi connectivity index (χ1) is 4.27. The van der Waals surface area contributed by atoms with Crippen molar-refractivity contribution in [3.8, 4) is 0 Å². The molecule has 0 aliphatic carbocycles. The summed E-state index contributed by atoms with van der Waals surface area (Å²) in [5.41, 5.74) is 0. The lowest BCUT2D eigenvalue weighted by atomic mass is 9.95. The highest BCUT2D eigenvalue weighted by Gasteiger charge is 2.45. The van der Waals surface area contributed by atoms with Gasteiger partial charge in [0.2, 0.25) is 0 Å². The second-order valence-electron chi connectivity index (χ2n) is 2.82. The first kappa shape index (κ1) is 6.01. The van der Waals surface area contributed by atoms with Gasteiger partial charge in [0, 0.05) is 10.5 Å². The van der Waals surface area contributed by atoms with Gasteiger partial charge in [0.25, 0.3) is 0 Å². The molecule has 0 spiro atoms. The highest BCUT2D eigenvalue weighted by atomic mass is 32.2. The predicted molar refractivity (Wildman–Crippen MR) is 36.4 cm³/mol. The molecule has 2 nitrogen and oxygen atoms in total. The van der Waals surface area contributed by atoms with Crippen LogP contribution in [0.5, 0.6) is 0 Å². The molecule has 2 heterocycles. The largest absolute Gasteiger partial charge is 0.392 e. The average molecular weight is 146 g/mol. The van der Waals surface area contributed by atoms with Crippen LogP contribution in [0, 0.1) is 0 Å². The molecule has 2 aliphatic heterocycles. The minimum Gasteiger partial charge on any atom is -0.392 e. The molecule has 2 saturated heterocycles. The van der Waals surface area contributed by atoms with E-state index in [4.69, 9.17) is 0 Å². The maximum Gasteiger partial charge on any atom is 0.0671 e. The van der Waals surface area contributed by atoms with Gasteiger partial charge < -0.3 is 10.2 Å². The average Bonchev–Trinajstić information content (AvgIpc) is 2.24. The Morgan fingerprint density at radius 2 is 1.44 bits per heavy atom. The van der Waals surface area contributed by atoms with E-state index in [0.29, 0.717) is 10.5 Å². The molecule has 4 unspecified atom stereocenters. The Morgan fingerprint density at radius 3 is 1.67 bits per heavy atom. The molecule has 2 rings (SSSR count). The summed E-state index contributed by atoms with van der Waals surface area (Å²) in [6.07, 6.45) is 1.33. The fourth-order valence-electron chi connectivity index (χ4n) is 1.61. The lowest BCUT2D eigenvalue weighted by Crippen LogP contribution is -2.29. The van der Waals surface area contributed by atoms with Crippen LogP contribution in [-0.2, 0) is 0 Å². The Labute approximate surface area is 58.3 Å². The van der Waals surface area contributed by atoms with Crippen molar-refractivity contribution in [2.75, 3.05) is 0 Å². The van der Waals surface area contributed by atoms with Crippen LogP contribution in [0.15, 0.2) is 0 Å². The van der Waals surface area contributed by atoms with Crippen molar-refractivity contribution in [3.63, 3.8) is 0 Å². The summed E-state index contributed by atoms with van der Waals surface area (Å²) in [4.78, 5) is 0. The van der Waals surface area contributed by atoms with Crippen molar-refractivity contribution in [3.05, 3.63) is 0 Å². The van der Waals surface area contributed by atoms with Gasteiger partial charge in [-0.3, -0.25) is 0 Å². The van der Waals surface area contributed by atoms with Crippen LogP contribution >= 0.6 is 11.8 Å². The second kappa shape index (κ2) is 1.87. The van der Waals surface area contributed by atoms with E-state index in [-0.39, 0.29) is 12.2 Å². The number of rotatable bonds is 0. The minimum atomic E-state index is -0.136. The Bertz CT molecular complexity index is 110. The van der Waals surface area contributed by atoms with E-state index in [1.54, 1.807) is 11.8 Å². The number of hydrogen-bond acceptors (Lipinski definition) is 3. The zero-order chi connectivity index (χ0) is 6.43. The molecular weight excluding hydrogens is 136 g/mol. The zero-order valence-electron chi connectivity index (χ0n) is 5.03. The lowest BCUT2D eigenvalue weighted by Gasteiger charge is -2.18. The van der Waals surface area contributed by atoms with Gasteiger partial charge in [0.1, 0.15) is 0 Å². The molecule has 0 radical (unpaired) electrons. The zero-order valence-corrected chi connectivity index (χ0v) is 5.84. The van der Waals surface area contributed by atoms with Crippen LogP contribution in [0.2, 0.25) is 0 Å². The van der Waals surface area contributed by atoms with E-state index < -0.39 is 0 Å². The minimum absolute atomic E-state index is 0.136. The lowest BCUT2D eigenvalue weighted by molar-refractivity contribution is 0.0813. The smallest absolute Gasteiger partial charge is 0.0671 e. The monoisotopic (exact) mass is 146 g/mol. The van der Waals surface area contributed by atoms with Crippen LogP contribution < -0.4 is 0 Å². The Balaban J connectivity index is 2.10. The summed E-state index contributed by atoms with van der Waals surface area (Å²) in [5, 5.41) is 19.1. The van der Waals surface area contributed by atoms with E-state index in [0.717, 1.165) is 12.8 Å². The SMILES string of the molecule is OC1CC2SC1CC2O. The van der Waals surface area contributed by atoms with Crippen molar-refractivity contribution < 1.29 is 10.2 Å². The summed E-state index contributed by atoms with van der Waals surface area (Å²) in [6.45, 7) is 0. The first-order valence-corrected chi connectivity index (χ1v) is 4.23. The second-order valence-corrected chi connectivity index (χ2v) is 4.30. The molecule has 2 aliphatic rings. The molecule has 0 aromatic rings. The Morgan fingerprint density at radius 1 is 1.00 bits per heavy atom. The number of hydrogen-bond donors (Lipinski definition) is 2. The third-order valence-electron chi connectivity index (χ3n) is 2.16. The van der Waals surface area contributed by atoms with Crippen LogP contribution in [0.3, 0.4) is 0 Å². The number of thioether (sulfide) groups is 1. The van der Waals surface area contributed by atoms with Gasteiger partial charge >= 0.3 is 0 Å². The van der Waals surface area contributed by atoms with Crippen molar-refractivity contribution in [1.29, 1.82) is 0 Å². The topological polar surface area (TPSA) is 40.5 Å². The standard InChI is InChI=1S/C6H10O2S/c7-3-1-5-4(8)2-6(3)9-5/h3-8H,1-2H2. The molecule has 2 N–H and O–H groups in total. The molecule has 9 heavy (non-hydrogen) atoms. The normalized spacial score (nSPS) is 56.7. The van der Waals surface area contributed by atoms with Gasteiger partial charge in [-0.15, -0.1) is 11.8 Å². The van der Waals surface area contributed by atoms with Crippen molar-refractivity contribution in [1.82, 2.24) is 0 Å². The van der Waals surface area contributed by atoms with E-state index in [2.05, 4.69) is 0 Å². The van der Waals surface area contributed by atoms with Gasteiger partial charge in [-0.1, -0.05) is 0 Å². The highest BCUT2D eigenvalue weighted by molar-refractivity contribution is 8.01. The first-order valence-electron chi connectivity index (χ1n) is 3.29. The molecule has 0 aromatic carbocycles. The molecule has 2 fully saturated rings. The van der Waals surface area contributed by atoms with Crippen molar-refractivity contribution >= 4 is 11.8 Å². The number of fused-ring (bicyclic) bond motifs is 2. The molecule has 4 atom stereocenters. The Kier molecular flexibility index (Phi) is 1.25.